The van der Waals surface area contributed by atoms with Gasteiger partial charge in [0.15, 0.2) is 0 Å². The first kappa shape index (κ1) is 14.7. The molecule has 7 heteroatoms. The zero-order valence-electron chi connectivity index (χ0n) is 10.2. The molecule has 1 atom stereocenters. The summed E-state index contributed by atoms with van der Waals surface area (Å²) in [5.41, 5.74) is -1.76. The predicted octanol–water partition coefficient (Wildman–Crippen LogP) is 2.57. The van der Waals surface area contributed by atoms with E-state index < -0.39 is 33.7 Å². The van der Waals surface area contributed by atoms with E-state index in [1.165, 1.54) is 0 Å². The van der Waals surface area contributed by atoms with E-state index in [4.69, 9.17) is 0 Å². The summed E-state index contributed by atoms with van der Waals surface area (Å²) in [7, 11) is 0. The Balaban J connectivity index is 3.09. The van der Waals surface area contributed by atoms with Crippen LogP contribution >= 0.6 is 0 Å². The van der Waals surface area contributed by atoms with Crippen molar-refractivity contribution in [2.24, 2.45) is 0 Å². The molecule has 0 heterocycles. The van der Waals surface area contributed by atoms with Crippen molar-refractivity contribution in [3.8, 4) is 0 Å². The van der Waals surface area contributed by atoms with Gasteiger partial charge in [0.1, 0.15) is 5.82 Å². The molecular formula is C12H12F2N2O3. The molecule has 0 aromatic heterocycles. The van der Waals surface area contributed by atoms with E-state index >= 15 is 0 Å². The average molecular weight is 270 g/mol. The lowest BCUT2D eigenvalue weighted by Gasteiger charge is -2.12. The van der Waals surface area contributed by atoms with E-state index in [0.717, 1.165) is 0 Å². The van der Waals surface area contributed by atoms with Crippen LogP contribution in [0, 0.1) is 21.7 Å². The summed E-state index contributed by atoms with van der Waals surface area (Å²) in [6.07, 6.45) is 1.99. The van der Waals surface area contributed by atoms with Gasteiger partial charge in [0.2, 0.25) is 5.82 Å². The van der Waals surface area contributed by atoms with Crippen molar-refractivity contribution in [1.82, 2.24) is 5.32 Å². The maximum absolute atomic E-state index is 13.7. The number of hydrogen-bond acceptors (Lipinski definition) is 3. The van der Waals surface area contributed by atoms with Crippen molar-refractivity contribution >= 4 is 11.6 Å². The van der Waals surface area contributed by atoms with Gasteiger partial charge >= 0.3 is 5.69 Å². The zero-order valence-corrected chi connectivity index (χ0v) is 10.2. The quantitative estimate of drug-likeness (QED) is 0.507. The fourth-order valence-electron chi connectivity index (χ4n) is 1.48. The molecule has 1 amide bonds. The Labute approximate surface area is 108 Å². The van der Waals surface area contributed by atoms with Crippen LogP contribution in [0.25, 0.3) is 0 Å². The molecule has 1 N–H and O–H groups in total. The van der Waals surface area contributed by atoms with Gasteiger partial charge in [-0.2, -0.15) is 4.39 Å². The Morgan fingerprint density at radius 1 is 1.58 bits per heavy atom. The molecule has 0 aliphatic heterocycles. The number of rotatable bonds is 5. The lowest BCUT2D eigenvalue weighted by molar-refractivity contribution is -0.387. The van der Waals surface area contributed by atoms with Gasteiger partial charge in [0, 0.05) is 6.04 Å². The SMILES string of the molecule is C=CCC(C)NC(=O)c1cc(F)cc([N+](=O)[O-])c1F. The summed E-state index contributed by atoms with van der Waals surface area (Å²) in [5, 5.41) is 12.9. The molecule has 19 heavy (non-hydrogen) atoms. The molecule has 0 bridgehead atoms. The number of carbonyl (C=O) groups excluding carboxylic acids is 1. The summed E-state index contributed by atoms with van der Waals surface area (Å²) in [5.74, 6) is -3.31. The number of carbonyl (C=O) groups is 1. The molecule has 0 aliphatic carbocycles. The van der Waals surface area contributed by atoms with Gasteiger partial charge in [-0.3, -0.25) is 14.9 Å². The third-order valence-corrected chi connectivity index (χ3v) is 2.36. The van der Waals surface area contributed by atoms with Crippen LogP contribution in [0.1, 0.15) is 23.7 Å². The Morgan fingerprint density at radius 2 is 2.21 bits per heavy atom. The number of benzene rings is 1. The van der Waals surface area contributed by atoms with Crippen molar-refractivity contribution < 1.29 is 18.5 Å². The van der Waals surface area contributed by atoms with E-state index in [9.17, 15) is 23.7 Å². The first-order chi connectivity index (χ1) is 8.86. The molecule has 1 unspecified atom stereocenters. The molecule has 0 aliphatic rings. The molecule has 0 saturated carbocycles. The van der Waals surface area contributed by atoms with Gasteiger partial charge in [-0.05, 0) is 19.4 Å². The fraction of sp³-hybridized carbons (Fsp3) is 0.250. The minimum Gasteiger partial charge on any atom is -0.349 e. The van der Waals surface area contributed by atoms with Crippen LogP contribution in [-0.2, 0) is 0 Å². The van der Waals surface area contributed by atoms with Crippen LogP contribution < -0.4 is 5.32 Å². The van der Waals surface area contributed by atoms with Crippen molar-refractivity contribution in [3.63, 3.8) is 0 Å². The number of nitro groups is 1. The number of hydrogen-bond donors (Lipinski definition) is 1. The standard InChI is InChI=1S/C12H12F2N2O3/c1-3-4-7(2)15-12(17)9-5-8(13)6-10(11(9)14)16(18)19/h3,5-7H,1,4H2,2H3,(H,15,17). The second-order valence-electron chi connectivity index (χ2n) is 3.94. The van der Waals surface area contributed by atoms with Crippen LogP contribution in [0.2, 0.25) is 0 Å². The number of amides is 1. The van der Waals surface area contributed by atoms with Crippen LogP contribution in [0.15, 0.2) is 24.8 Å². The monoisotopic (exact) mass is 270 g/mol. The second kappa shape index (κ2) is 6.03. The summed E-state index contributed by atoms with van der Waals surface area (Å²) in [6, 6.07) is 0.712. The number of nitrogens with one attached hydrogen (secondary N) is 1. The van der Waals surface area contributed by atoms with E-state index in [-0.39, 0.29) is 6.04 Å². The number of halogens is 2. The van der Waals surface area contributed by atoms with Gasteiger partial charge < -0.3 is 5.32 Å². The van der Waals surface area contributed by atoms with Crippen LogP contribution in [0.4, 0.5) is 14.5 Å². The Kier molecular flexibility index (Phi) is 4.68. The highest BCUT2D eigenvalue weighted by Crippen LogP contribution is 2.22. The molecule has 1 rings (SSSR count). The lowest BCUT2D eigenvalue weighted by Crippen LogP contribution is -2.32. The van der Waals surface area contributed by atoms with Crippen LogP contribution in [0.3, 0.4) is 0 Å². The second-order valence-corrected chi connectivity index (χ2v) is 3.94. The van der Waals surface area contributed by atoms with Gasteiger partial charge in [-0.15, -0.1) is 6.58 Å². The summed E-state index contributed by atoms with van der Waals surface area (Å²) in [4.78, 5) is 21.1. The molecular weight excluding hydrogens is 258 g/mol. The maximum Gasteiger partial charge on any atom is 0.308 e. The molecule has 0 spiro atoms. The van der Waals surface area contributed by atoms with E-state index in [1.54, 1.807) is 13.0 Å². The Morgan fingerprint density at radius 3 is 2.74 bits per heavy atom. The minimum absolute atomic E-state index is 0.341. The number of nitro benzene ring substituents is 1. The lowest BCUT2D eigenvalue weighted by atomic mass is 10.1. The van der Waals surface area contributed by atoms with Gasteiger partial charge in [-0.25, -0.2) is 4.39 Å². The van der Waals surface area contributed by atoms with E-state index in [2.05, 4.69) is 11.9 Å². The van der Waals surface area contributed by atoms with Crippen molar-refractivity contribution in [2.45, 2.75) is 19.4 Å². The predicted molar refractivity (Wildman–Crippen MR) is 64.8 cm³/mol. The first-order valence-electron chi connectivity index (χ1n) is 5.42. The minimum atomic E-state index is -1.35. The summed E-state index contributed by atoms with van der Waals surface area (Å²) >= 11 is 0. The average Bonchev–Trinajstić information content (AvgIpc) is 2.31. The Bertz CT molecular complexity index is 532. The third kappa shape index (κ3) is 3.57. The first-order valence-corrected chi connectivity index (χ1v) is 5.42. The van der Waals surface area contributed by atoms with Crippen molar-refractivity contribution in [3.05, 3.63) is 52.1 Å². The highest BCUT2D eigenvalue weighted by molar-refractivity contribution is 5.95. The highest BCUT2D eigenvalue weighted by atomic mass is 19.1. The summed E-state index contributed by atoms with van der Waals surface area (Å²) < 4.78 is 26.8. The fourth-order valence-corrected chi connectivity index (χ4v) is 1.48. The number of nitrogens with zero attached hydrogens (tertiary/aromatic N) is 1. The maximum atomic E-state index is 13.7. The summed E-state index contributed by atoms with van der Waals surface area (Å²) in [6.45, 7) is 5.12. The molecule has 1 aromatic rings. The smallest absolute Gasteiger partial charge is 0.308 e. The van der Waals surface area contributed by atoms with Gasteiger partial charge in [0.05, 0.1) is 16.6 Å². The molecule has 102 valence electrons. The zero-order chi connectivity index (χ0) is 14.6. The molecule has 0 radical (unpaired) electrons. The normalized spacial score (nSPS) is 11.7. The van der Waals surface area contributed by atoms with Crippen molar-refractivity contribution in [1.29, 1.82) is 0 Å². The molecule has 0 fully saturated rings. The largest absolute Gasteiger partial charge is 0.349 e. The highest BCUT2D eigenvalue weighted by Gasteiger charge is 2.24. The third-order valence-electron chi connectivity index (χ3n) is 2.36. The molecule has 0 saturated heterocycles. The molecule has 5 nitrogen and oxygen atoms in total. The van der Waals surface area contributed by atoms with Crippen LogP contribution in [-0.4, -0.2) is 16.9 Å². The van der Waals surface area contributed by atoms with Gasteiger partial charge in [-0.1, -0.05) is 6.08 Å². The topological polar surface area (TPSA) is 72.2 Å². The van der Waals surface area contributed by atoms with Crippen LogP contribution in [0.5, 0.6) is 0 Å². The van der Waals surface area contributed by atoms with Crippen molar-refractivity contribution in [2.75, 3.05) is 0 Å². The van der Waals surface area contributed by atoms with E-state index in [0.29, 0.717) is 18.6 Å². The van der Waals surface area contributed by atoms with Gasteiger partial charge in [0.25, 0.3) is 5.91 Å². The molecule has 1 aromatic carbocycles. The Hall–Kier alpha value is -2.31. The van der Waals surface area contributed by atoms with E-state index in [1.807, 2.05) is 0 Å².